The minimum absolute atomic E-state index is 0.539. The second-order valence-corrected chi connectivity index (χ2v) is 4.11. The number of pyridine rings is 1. The van der Waals surface area contributed by atoms with Gasteiger partial charge in [-0.1, -0.05) is 19.9 Å². The Morgan fingerprint density at radius 2 is 1.89 bits per heavy atom. The molecule has 0 atom stereocenters. The Labute approximate surface area is 110 Å². The van der Waals surface area contributed by atoms with Gasteiger partial charge in [-0.05, 0) is 25.0 Å². The van der Waals surface area contributed by atoms with E-state index in [2.05, 4.69) is 24.1 Å². The van der Waals surface area contributed by atoms with Crippen molar-refractivity contribution in [3.8, 4) is 0 Å². The zero-order valence-corrected chi connectivity index (χ0v) is 11.4. The van der Waals surface area contributed by atoms with Gasteiger partial charge in [0.2, 0.25) is 0 Å². The molecule has 1 rings (SSSR count). The van der Waals surface area contributed by atoms with Gasteiger partial charge in [0.25, 0.3) is 0 Å². The molecule has 0 unspecified atom stereocenters. The minimum atomic E-state index is 0.539. The van der Waals surface area contributed by atoms with Crippen LogP contribution in [0.25, 0.3) is 0 Å². The van der Waals surface area contributed by atoms with Gasteiger partial charge in [0.15, 0.2) is 0 Å². The Balaban J connectivity index is 2.20. The summed E-state index contributed by atoms with van der Waals surface area (Å²) in [5.41, 5.74) is 0.951. The number of aromatic nitrogens is 1. The van der Waals surface area contributed by atoms with Gasteiger partial charge in [0, 0.05) is 13.2 Å². The van der Waals surface area contributed by atoms with Crippen LogP contribution in [0.5, 0.6) is 0 Å². The third kappa shape index (κ3) is 6.57. The number of hydrogen-bond donors (Lipinski definition) is 1. The molecule has 1 heterocycles. The van der Waals surface area contributed by atoms with Crippen LogP contribution in [0.3, 0.4) is 0 Å². The largest absolute Gasteiger partial charge is 0.379 e. The molecule has 1 N–H and O–H groups in total. The van der Waals surface area contributed by atoms with E-state index in [0.29, 0.717) is 19.8 Å². The summed E-state index contributed by atoms with van der Waals surface area (Å²) in [4.78, 5) is 4.47. The summed E-state index contributed by atoms with van der Waals surface area (Å²) < 4.78 is 10.9. The van der Waals surface area contributed by atoms with Crippen molar-refractivity contribution < 1.29 is 9.47 Å². The molecule has 4 heteroatoms. The topological polar surface area (TPSA) is 43.4 Å². The Morgan fingerprint density at radius 3 is 2.67 bits per heavy atom. The van der Waals surface area contributed by atoms with Crippen molar-refractivity contribution in [3.63, 3.8) is 0 Å². The molecule has 18 heavy (non-hydrogen) atoms. The number of rotatable bonds is 10. The molecule has 0 amide bonds. The van der Waals surface area contributed by atoms with Gasteiger partial charge in [0.1, 0.15) is 5.82 Å². The summed E-state index contributed by atoms with van der Waals surface area (Å²) in [5, 5.41) is 3.26. The number of nitrogens with zero attached hydrogens (tertiary/aromatic N) is 1. The van der Waals surface area contributed by atoms with Crippen molar-refractivity contribution in [2.45, 2.75) is 33.3 Å². The lowest BCUT2D eigenvalue weighted by Gasteiger charge is -2.07. The van der Waals surface area contributed by atoms with E-state index in [4.69, 9.17) is 9.47 Å². The summed E-state index contributed by atoms with van der Waals surface area (Å²) in [5.74, 6) is 0.917. The molecule has 1 aromatic heterocycles. The first kappa shape index (κ1) is 14.9. The van der Waals surface area contributed by atoms with Gasteiger partial charge >= 0.3 is 0 Å². The molecule has 0 radical (unpaired) electrons. The molecular formula is C14H24N2O2. The first-order valence-electron chi connectivity index (χ1n) is 6.72. The molecular weight excluding hydrogens is 228 g/mol. The Bertz CT molecular complexity index is 318. The van der Waals surface area contributed by atoms with Gasteiger partial charge in [-0.2, -0.15) is 0 Å². The fourth-order valence-corrected chi connectivity index (χ4v) is 1.45. The van der Waals surface area contributed by atoms with Gasteiger partial charge in [-0.25, -0.2) is 4.98 Å². The standard InChI is InChI=1S/C14H24N2O2/c1-3-8-15-14-7-5-6-13(16-14)12-18-11-10-17-9-4-2/h5-7H,3-4,8-12H2,1-2H3,(H,15,16). The van der Waals surface area contributed by atoms with E-state index in [1.54, 1.807) is 0 Å². The lowest BCUT2D eigenvalue weighted by atomic mass is 10.3. The fourth-order valence-electron chi connectivity index (χ4n) is 1.45. The molecule has 1 aromatic rings. The van der Waals surface area contributed by atoms with Crippen LogP contribution in [-0.4, -0.2) is 31.3 Å². The molecule has 0 aromatic carbocycles. The summed E-state index contributed by atoms with van der Waals surface area (Å²) in [6.45, 7) is 7.79. The molecule has 4 nitrogen and oxygen atoms in total. The molecule has 0 saturated heterocycles. The maximum absolute atomic E-state index is 5.51. The van der Waals surface area contributed by atoms with Crippen LogP contribution < -0.4 is 5.32 Å². The minimum Gasteiger partial charge on any atom is -0.379 e. The van der Waals surface area contributed by atoms with Crippen LogP contribution in [0.15, 0.2) is 18.2 Å². The van der Waals surface area contributed by atoms with E-state index < -0.39 is 0 Å². The quantitative estimate of drug-likeness (QED) is 0.650. The highest BCUT2D eigenvalue weighted by atomic mass is 16.5. The van der Waals surface area contributed by atoms with Gasteiger partial charge in [-0.15, -0.1) is 0 Å². The summed E-state index contributed by atoms with van der Waals surface area (Å²) >= 11 is 0. The molecule has 102 valence electrons. The summed E-state index contributed by atoms with van der Waals surface area (Å²) in [6, 6.07) is 5.95. The average molecular weight is 252 g/mol. The molecule has 0 aliphatic rings. The highest BCUT2D eigenvalue weighted by Crippen LogP contribution is 2.05. The second-order valence-electron chi connectivity index (χ2n) is 4.11. The SMILES string of the molecule is CCCNc1cccc(COCCOCCC)n1. The first-order chi connectivity index (χ1) is 8.86. The van der Waals surface area contributed by atoms with E-state index in [0.717, 1.165) is 37.5 Å². The predicted molar refractivity (Wildman–Crippen MR) is 73.8 cm³/mol. The van der Waals surface area contributed by atoms with Crippen LogP contribution in [-0.2, 0) is 16.1 Å². The lowest BCUT2D eigenvalue weighted by Crippen LogP contribution is -2.07. The molecule has 0 spiro atoms. The van der Waals surface area contributed by atoms with Gasteiger partial charge in [0.05, 0.1) is 25.5 Å². The van der Waals surface area contributed by atoms with Crippen LogP contribution in [0.4, 0.5) is 5.82 Å². The third-order valence-electron chi connectivity index (χ3n) is 2.33. The number of nitrogens with one attached hydrogen (secondary N) is 1. The maximum Gasteiger partial charge on any atom is 0.126 e. The smallest absolute Gasteiger partial charge is 0.126 e. The van der Waals surface area contributed by atoms with Crippen LogP contribution >= 0.6 is 0 Å². The highest BCUT2D eigenvalue weighted by Gasteiger charge is 1.97. The molecule has 0 bridgehead atoms. The van der Waals surface area contributed by atoms with E-state index >= 15 is 0 Å². The number of ether oxygens (including phenoxy) is 2. The van der Waals surface area contributed by atoms with Crippen molar-refractivity contribution >= 4 is 5.82 Å². The Kier molecular flexibility index (Phi) is 8.17. The normalized spacial score (nSPS) is 10.6. The Hall–Kier alpha value is -1.13. The average Bonchev–Trinajstić information content (AvgIpc) is 2.41. The van der Waals surface area contributed by atoms with Crippen LogP contribution in [0.1, 0.15) is 32.4 Å². The van der Waals surface area contributed by atoms with Gasteiger partial charge < -0.3 is 14.8 Å². The van der Waals surface area contributed by atoms with Crippen molar-refractivity contribution in [3.05, 3.63) is 23.9 Å². The molecule has 0 saturated carbocycles. The van der Waals surface area contributed by atoms with Gasteiger partial charge in [-0.3, -0.25) is 0 Å². The third-order valence-corrected chi connectivity index (χ3v) is 2.33. The van der Waals surface area contributed by atoms with E-state index in [9.17, 15) is 0 Å². The number of hydrogen-bond acceptors (Lipinski definition) is 4. The summed E-state index contributed by atoms with van der Waals surface area (Å²) in [7, 11) is 0. The summed E-state index contributed by atoms with van der Waals surface area (Å²) in [6.07, 6.45) is 2.14. The monoisotopic (exact) mass is 252 g/mol. The first-order valence-corrected chi connectivity index (χ1v) is 6.72. The van der Waals surface area contributed by atoms with Crippen molar-refractivity contribution in [1.29, 1.82) is 0 Å². The van der Waals surface area contributed by atoms with Crippen LogP contribution in [0.2, 0.25) is 0 Å². The zero-order chi connectivity index (χ0) is 13.1. The van der Waals surface area contributed by atoms with E-state index in [1.165, 1.54) is 0 Å². The Morgan fingerprint density at radius 1 is 1.06 bits per heavy atom. The highest BCUT2D eigenvalue weighted by molar-refractivity contribution is 5.34. The van der Waals surface area contributed by atoms with Crippen molar-refractivity contribution in [1.82, 2.24) is 4.98 Å². The zero-order valence-electron chi connectivity index (χ0n) is 11.4. The van der Waals surface area contributed by atoms with Crippen molar-refractivity contribution in [2.75, 3.05) is 31.7 Å². The maximum atomic E-state index is 5.51. The van der Waals surface area contributed by atoms with E-state index in [-0.39, 0.29) is 0 Å². The number of anilines is 1. The van der Waals surface area contributed by atoms with Crippen LogP contribution in [0, 0.1) is 0 Å². The van der Waals surface area contributed by atoms with Crippen molar-refractivity contribution in [2.24, 2.45) is 0 Å². The molecule has 0 aliphatic carbocycles. The second kappa shape index (κ2) is 9.85. The molecule has 0 aliphatic heterocycles. The molecule has 0 fully saturated rings. The fraction of sp³-hybridized carbons (Fsp3) is 0.643. The van der Waals surface area contributed by atoms with E-state index in [1.807, 2.05) is 18.2 Å². The lowest BCUT2D eigenvalue weighted by molar-refractivity contribution is 0.0398. The predicted octanol–water partition coefficient (Wildman–Crippen LogP) is 2.85.